The van der Waals surface area contributed by atoms with Crippen LogP contribution in [0.5, 0.6) is 5.75 Å². The fourth-order valence-electron chi connectivity index (χ4n) is 1.58. The SMILES string of the molecule is COC(C)(C)CCOC(=O)C(N)Cc1ccc(O)cc1. The van der Waals surface area contributed by atoms with E-state index in [4.69, 9.17) is 15.2 Å². The van der Waals surface area contributed by atoms with Gasteiger partial charge >= 0.3 is 5.97 Å². The minimum Gasteiger partial charge on any atom is -0.508 e. The minimum absolute atomic E-state index is 0.187. The van der Waals surface area contributed by atoms with Crippen molar-refractivity contribution in [2.24, 2.45) is 5.73 Å². The number of benzene rings is 1. The van der Waals surface area contributed by atoms with Crippen LogP contribution in [0.2, 0.25) is 0 Å². The fraction of sp³-hybridized carbons (Fsp3) is 0.533. The van der Waals surface area contributed by atoms with Crippen molar-refractivity contribution >= 4 is 5.97 Å². The zero-order valence-electron chi connectivity index (χ0n) is 12.3. The number of phenolic OH excluding ortho intramolecular Hbond substituents is 1. The van der Waals surface area contributed by atoms with Crippen molar-refractivity contribution in [2.75, 3.05) is 13.7 Å². The van der Waals surface area contributed by atoms with Gasteiger partial charge < -0.3 is 20.3 Å². The molecule has 1 atom stereocenters. The molecule has 0 radical (unpaired) electrons. The molecule has 0 aliphatic carbocycles. The number of phenols is 1. The average Bonchev–Trinajstić information content (AvgIpc) is 2.41. The molecular weight excluding hydrogens is 258 g/mol. The normalized spacial score (nSPS) is 13.0. The number of ether oxygens (including phenoxy) is 2. The fourth-order valence-corrected chi connectivity index (χ4v) is 1.58. The standard InChI is InChI=1S/C15H23NO4/c1-15(2,19-3)8-9-20-14(18)13(16)10-11-4-6-12(17)7-5-11/h4-7,13,17H,8-10,16H2,1-3H3. The topological polar surface area (TPSA) is 81.8 Å². The van der Waals surface area contributed by atoms with Gasteiger partial charge in [-0.05, 0) is 38.0 Å². The molecule has 0 fully saturated rings. The van der Waals surface area contributed by atoms with Gasteiger partial charge in [-0.1, -0.05) is 12.1 Å². The van der Waals surface area contributed by atoms with Crippen molar-refractivity contribution in [2.45, 2.75) is 38.3 Å². The van der Waals surface area contributed by atoms with Crippen molar-refractivity contribution in [1.29, 1.82) is 0 Å². The Kier molecular flexibility index (Phi) is 5.98. The van der Waals surface area contributed by atoms with Crippen molar-refractivity contribution in [1.82, 2.24) is 0 Å². The zero-order chi connectivity index (χ0) is 15.2. The van der Waals surface area contributed by atoms with E-state index in [1.165, 1.54) is 0 Å². The van der Waals surface area contributed by atoms with E-state index in [9.17, 15) is 9.90 Å². The maximum absolute atomic E-state index is 11.8. The summed E-state index contributed by atoms with van der Waals surface area (Å²) in [6.45, 7) is 4.14. The lowest BCUT2D eigenvalue weighted by Gasteiger charge is -2.22. The van der Waals surface area contributed by atoms with Crippen molar-refractivity contribution in [3.8, 4) is 5.75 Å². The first-order valence-corrected chi connectivity index (χ1v) is 6.59. The number of methoxy groups -OCH3 is 1. The molecule has 112 valence electrons. The van der Waals surface area contributed by atoms with E-state index in [1.54, 1.807) is 31.4 Å². The lowest BCUT2D eigenvalue weighted by molar-refractivity contribution is -0.146. The van der Waals surface area contributed by atoms with Crippen LogP contribution in [0.1, 0.15) is 25.8 Å². The predicted octanol–water partition coefficient (Wildman–Crippen LogP) is 1.62. The number of hydrogen-bond acceptors (Lipinski definition) is 5. The molecule has 0 amide bonds. The summed E-state index contributed by atoms with van der Waals surface area (Å²) in [5, 5.41) is 9.18. The first-order valence-electron chi connectivity index (χ1n) is 6.59. The third-order valence-corrected chi connectivity index (χ3v) is 3.20. The summed E-state index contributed by atoms with van der Waals surface area (Å²) in [6, 6.07) is 5.89. The second kappa shape index (κ2) is 7.26. The number of aromatic hydroxyl groups is 1. The number of carbonyl (C=O) groups is 1. The minimum atomic E-state index is -0.704. The van der Waals surface area contributed by atoms with Gasteiger partial charge in [0.25, 0.3) is 0 Å². The van der Waals surface area contributed by atoms with Crippen LogP contribution in [-0.4, -0.2) is 36.4 Å². The van der Waals surface area contributed by atoms with Crippen molar-refractivity contribution in [3.05, 3.63) is 29.8 Å². The van der Waals surface area contributed by atoms with E-state index in [0.717, 1.165) is 5.56 Å². The molecule has 1 rings (SSSR count). The number of esters is 1. The van der Waals surface area contributed by atoms with Crippen LogP contribution in [0.15, 0.2) is 24.3 Å². The van der Waals surface area contributed by atoms with Crippen LogP contribution < -0.4 is 5.73 Å². The predicted molar refractivity (Wildman–Crippen MR) is 76.5 cm³/mol. The smallest absolute Gasteiger partial charge is 0.323 e. The van der Waals surface area contributed by atoms with Gasteiger partial charge in [0.2, 0.25) is 0 Å². The number of rotatable bonds is 7. The van der Waals surface area contributed by atoms with E-state index in [2.05, 4.69) is 0 Å². The van der Waals surface area contributed by atoms with Gasteiger partial charge in [0.05, 0.1) is 12.2 Å². The van der Waals surface area contributed by atoms with E-state index in [1.807, 2.05) is 13.8 Å². The van der Waals surface area contributed by atoms with Crippen molar-refractivity contribution < 1.29 is 19.4 Å². The lowest BCUT2D eigenvalue weighted by atomic mass is 10.1. The molecule has 0 saturated carbocycles. The van der Waals surface area contributed by atoms with Crippen LogP contribution >= 0.6 is 0 Å². The first-order chi connectivity index (χ1) is 9.34. The Balaban J connectivity index is 2.38. The highest BCUT2D eigenvalue weighted by atomic mass is 16.5. The third-order valence-electron chi connectivity index (χ3n) is 3.20. The summed E-state index contributed by atoms with van der Waals surface area (Å²) >= 11 is 0. The molecule has 0 aliphatic rings. The summed E-state index contributed by atoms with van der Waals surface area (Å²) < 4.78 is 10.4. The van der Waals surface area contributed by atoms with Crippen LogP contribution in [0, 0.1) is 0 Å². The summed E-state index contributed by atoms with van der Waals surface area (Å²) in [7, 11) is 1.62. The highest BCUT2D eigenvalue weighted by Gasteiger charge is 2.19. The number of nitrogens with two attached hydrogens (primary N) is 1. The maximum Gasteiger partial charge on any atom is 0.323 e. The first kappa shape index (κ1) is 16.5. The monoisotopic (exact) mass is 281 g/mol. The van der Waals surface area contributed by atoms with E-state index in [-0.39, 0.29) is 18.0 Å². The number of carbonyl (C=O) groups excluding carboxylic acids is 1. The van der Waals surface area contributed by atoms with Crippen LogP contribution in [-0.2, 0) is 20.7 Å². The maximum atomic E-state index is 11.8. The van der Waals surface area contributed by atoms with Gasteiger partial charge in [-0.15, -0.1) is 0 Å². The molecule has 0 saturated heterocycles. The van der Waals surface area contributed by atoms with E-state index < -0.39 is 12.0 Å². The van der Waals surface area contributed by atoms with Crippen LogP contribution in [0.3, 0.4) is 0 Å². The Morgan fingerprint density at radius 3 is 2.50 bits per heavy atom. The highest BCUT2D eigenvalue weighted by Crippen LogP contribution is 2.13. The molecule has 0 heterocycles. The van der Waals surface area contributed by atoms with Gasteiger partial charge in [-0.3, -0.25) is 4.79 Å². The Morgan fingerprint density at radius 2 is 1.95 bits per heavy atom. The van der Waals surface area contributed by atoms with Gasteiger partial charge in [-0.2, -0.15) is 0 Å². The molecule has 0 bridgehead atoms. The second-order valence-corrected chi connectivity index (χ2v) is 5.36. The van der Waals surface area contributed by atoms with E-state index in [0.29, 0.717) is 12.8 Å². The van der Waals surface area contributed by atoms with Crippen molar-refractivity contribution in [3.63, 3.8) is 0 Å². The van der Waals surface area contributed by atoms with Crippen LogP contribution in [0.25, 0.3) is 0 Å². The molecule has 1 aromatic rings. The molecule has 0 aromatic heterocycles. The largest absolute Gasteiger partial charge is 0.508 e. The number of hydrogen-bond donors (Lipinski definition) is 2. The molecule has 1 unspecified atom stereocenters. The Hall–Kier alpha value is -1.59. The third kappa shape index (κ3) is 5.59. The molecule has 5 heteroatoms. The quantitative estimate of drug-likeness (QED) is 0.742. The van der Waals surface area contributed by atoms with Crippen LogP contribution in [0.4, 0.5) is 0 Å². The Morgan fingerprint density at radius 1 is 1.35 bits per heavy atom. The summed E-state index contributed by atoms with van der Waals surface area (Å²) in [5.41, 5.74) is 6.36. The lowest BCUT2D eigenvalue weighted by Crippen LogP contribution is -2.35. The summed E-state index contributed by atoms with van der Waals surface area (Å²) in [4.78, 5) is 11.8. The summed E-state index contributed by atoms with van der Waals surface area (Å²) in [6.07, 6.45) is 0.994. The zero-order valence-corrected chi connectivity index (χ0v) is 12.3. The molecular formula is C15H23NO4. The van der Waals surface area contributed by atoms with Gasteiger partial charge in [-0.25, -0.2) is 0 Å². The van der Waals surface area contributed by atoms with Gasteiger partial charge in [0, 0.05) is 13.5 Å². The highest BCUT2D eigenvalue weighted by molar-refractivity contribution is 5.75. The molecule has 0 aliphatic heterocycles. The molecule has 1 aromatic carbocycles. The average molecular weight is 281 g/mol. The Bertz CT molecular complexity index is 428. The second-order valence-electron chi connectivity index (χ2n) is 5.36. The molecule has 5 nitrogen and oxygen atoms in total. The molecule has 3 N–H and O–H groups in total. The van der Waals surface area contributed by atoms with Gasteiger partial charge in [0.1, 0.15) is 11.8 Å². The summed E-state index contributed by atoms with van der Waals surface area (Å²) in [5.74, 6) is -0.239. The molecule has 0 spiro atoms. The van der Waals surface area contributed by atoms with Gasteiger partial charge in [0.15, 0.2) is 0 Å². The van der Waals surface area contributed by atoms with E-state index >= 15 is 0 Å². The Labute approximate surface area is 119 Å². The molecule has 20 heavy (non-hydrogen) atoms.